The third kappa shape index (κ3) is 19.7. The van der Waals surface area contributed by atoms with Crippen molar-refractivity contribution in [2.75, 3.05) is 0 Å². The van der Waals surface area contributed by atoms with Crippen molar-refractivity contribution >= 4 is 11.9 Å². The molecular weight excluding hydrogens is 981 g/mol. The van der Waals surface area contributed by atoms with E-state index in [-0.39, 0.29) is 38.0 Å². The molecule has 22 atom stereocenters. The Hall–Kier alpha value is -3.56. The second kappa shape index (κ2) is 30.0. The molecule has 2 bridgehead atoms. The summed E-state index contributed by atoms with van der Waals surface area (Å²) in [6.45, 7) is 10.5. The predicted molar refractivity (Wildman–Crippen MR) is 273 cm³/mol. The fourth-order valence-corrected chi connectivity index (χ4v) is 9.77. The Morgan fingerprint density at radius 2 is 1.20 bits per heavy atom. The van der Waals surface area contributed by atoms with Gasteiger partial charge in [-0.25, -0.2) is 0 Å². The van der Waals surface area contributed by atoms with E-state index in [0.717, 1.165) is 0 Å². The molecule has 4 rings (SSSR count). The first-order valence-corrected chi connectivity index (χ1v) is 26.0. The Balaban J connectivity index is 1.59. The zero-order valence-electron chi connectivity index (χ0n) is 43.9. The van der Waals surface area contributed by atoms with E-state index in [2.05, 4.69) is 0 Å². The highest BCUT2D eigenvalue weighted by Crippen LogP contribution is 2.40. The number of primary amides is 1. The number of rotatable bonds is 5. The highest BCUT2D eigenvalue weighted by atomic mass is 16.7. The molecule has 75 heavy (non-hydrogen) atoms. The zero-order valence-corrected chi connectivity index (χ0v) is 43.9. The number of aliphatic hydroxyl groups is 11. The van der Waals surface area contributed by atoms with Crippen LogP contribution in [0.5, 0.6) is 0 Å². The smallest absolute Gasteiger partial charge is 0.308 e. The number of allylic oxidation sites excluding steroid dienone is 12. The molecule has 426 valence electrons. The molecule has 21 heteroatoms. The summed E-state index contributed by atoms with van der Waals surface area (Å²) in [6, 6.07) is -1.14. The van der Waals surface area contributed by atoms with Gasteiger partial charge in [-0.2, -0.15) is 0 Å². The molecule has 4 aliphatic rings. The van der Waals surface area contributed by atoms with Gasteiger partial charge in [0, 0.05) is 43.4 Å². The molecule has 3 fully saturated rings. The summed E-state index contributed by atoms with van der Waals surface area (Å²) in [5.74, 6) is -5.69. The number of cyclic esters (lactones) is 1. The van der Waals surface area contributed by atoms with E-state index in [1.165, 1.54) is 0 Å². The molecule has 0 radical (unpaired) electrons. The molecule has 0 aliphatic carbocycles. The molecule has 0 aromatic heterocycles. The second-order valence-corrected chi connectivity index (χ2v) is 21.2. The van der Waals surface area contributed by atoms with Gasteiger partial charge in [0.25, 0.3) is 0 Å². The number of nitrogens with two attached hydrogens (primary N) is 2. The lowest BCUT2D eigenvalue weighted by Crippen LogP contribution is -2.61. The fraction of sp³-hybridized carbons (Fsp3) is 0.704. The maximum Gasteiger partial charge on any atom is 0.308 e. The van der Waals surface area contributed by atoms with Crippen molar-refractivity contribution < 1.29 is 94.2 Å². The van der Waals surface area contributed by atoms with Crippen LogP contribution in [0.3, 0.4) is 0 Å². The van der Waals surface area contributed by atoms with Gasteiger partial charge in [-0.05, 0) is 40.0 Å². The van der Waals surface area contributed by atoms with Crippen LogP contribution in [-0.4, -0.2) is 190 Å². The quantitative estimate of drug-likeness (QED) is 0.166. The highest BCUT2D eigenvalue weighted by molar-refractivity contribution is 5.78. The number of carbonyl (C=O) groups is 2. The van der Waals surface area contributed by atoms with Crippen LogP contribution in [0.25, 0.3) is 0 Å². The SMILES string of the molecule is C[C@@H]1OC(O[C@@H]2[C@@H](C)/C=C/C=C/C=C/C=C/C=C/C=C/C=C/[C@H](O[C@@H]3O[C@H](C)[C@@H](O)[C@H](N)[C@@H]3O)C[C@@H]3O[C@](O)(C[C@@H](O)C[C@@H](O)[C@H](O)CC[C@@H](O)C[C@@H](O)CC(=O)O[C@@H](C)C2(C)C)C[C@H](O)[C@H]3C(N)=O)C[C@@H](O)[C@H]1O. The van der Waals surface area contributed by atoms with Crippen molar-refractivity contribution in [3.05, 3.63) is 85.1 Å². The van der Waals surface area contributed by atoms with E-state index in [4.69, 9.17) is 39.9 Å². The van der Waals surface area contributed by atoms with Crippen LogP contribution in [0.2, 0.25) is 0 Å². The van der Waals surface area contributed by atoms with Gasteiger partial charge < -0.3 is 96.1 Å². The van der Waals surface area contributed by atoms with Crippen molar-refractivity contribution in [3.8, 4) is 0 Å². The Morgan fingerprint density at radius 1 is 0.627 bits per heavy atom. The van der Waals surface area contributed by atoms with E-state index >= 15 is 0 Å². The molecule has 0 aromatic rings. The molecule has 4 aliphatic heterocycles. The molecule has 0 spiro atoms. The number of hydrogen-bond acceptors (Lipinski definition) is 20. The van der Waals surface area contributed by atoms with Gasteiger partial charge in [0.05, 0.1) is 97.7 Å². The third-order valence-corrected chi connectivity index (χ3v) is 14.5. The lowest BCUT2D eigenvalue weighted by Gasteiger charge is -2.45. The first-order valence-electron chi connectivity index (χ1n) is 26.0. The van der Waals surface area contributed by atoms with Crippen LogP contribution in [0.4, 0.5) is 0 Å². The zero-order chi connectivity index (χ0) is 55.8. The summed E-state index contributed by atoms with van der Waals surface area (Å²) < 4.78 is 36.1. The minimum atomic E-state index is -2.29. The predicted octanol–water partition coefficient (Wildman–Crippen LogP) is 0.384. The molecule has 15 N–H and O–H groups in total. The van der Waals surface area contributed by atoms with Gasteiger partial charge in [-0.1, -0.05) is 106 Å². The minimum Gasteiger partial charge on any atom is -0.462 e. The molecule has 3 saturated heterocycles. The van der Waals surface area contributed by atoms with E-state index in [1.807, 2.05) is 57.2 Å². The van der Waals surface area contributed by atoms with Crippen molar-refractivity contribution in [1.82, 2.24) is 0 Å². The van der Waals surface area contributed by atoms with Crippen LogP contribution < -0.4 is 11.5 Å². The topological polar surface area (TPSA) is 364 Å². The first kappa shape index (κ1) is 64.0. The molecule has 0 saturated carbocycles. The van der Waals surface area contributed by atoms with Crippen LogP contribution in [0.15, 0.2) is 85.1 Å². The Labute approximate surface area is 440 Å². The lowest BCUT2D eigenvalue weighted by molar-refractivity contribution is -0.307. The van der Waals surface area contributed by atoms with Crippen LogP contribution in [0.1, 0.15) is 99.3 Å². The van der Waals surface area contributed by atoms with E-state index in [1.54, 1.807) is 69.4 Å². The number of hydrogen-bond donors (Lipinski definition) is 13. The van der Waals surface area contributed by atoms with Crippen molar-refractivity contribution in [2.24, 2.45) is 28.7 Å². The summed E-state index contributed by atoms with van der Waals surface area (Å²) in [5.41, 5.74) is 10.9. The third-order valence-electron chi connectivity index (χ3n) is 14.5. The largest absolute Gasteiger partial charge is 0.462 e. The van der Waals surface area contributed by atoms with Gasteiger partial charge in [-0.3, -0.25) is 9.59 Å². The molecule has 0 aromatic carbocycles. The summed E-state index contributed by atoms with van der Waals surface area (Å²) >= 11 is 0. The van der Waals surface area contributed by atoms with Crippen molar-refractivity contribution in [2.45, 2.75) is 221 Å². The normalized spacial score (nSPS) is 45.9. The molecule has 1 unspecified atom stereocenters. The Bertz CT molecular complexity index is 1970. The molecule has 4 heterocycles. The number of aliphatic hydroxyl groups excluding tert-OH is 10. The van der Waals surface area contributed by atoms with Gasteiger partial charge in [0.2, 0.25) is 5.91 Å². The molecule has 1 amide bonds. The van der Waals surface area contributed by atoms with E-state index < -0.39 is 171 Å². The standard InChI is InChI=1S/C54H86N2O19/c1-30-19-17-15-13-11-9-7-8-10-12-14-16-18-20-37(73-52-49(67)46(55)48(66)32(3)71-52)26-42-45(51(56)68)41(63)29-54(69,75-42)28-36(59)24-39(61)38(60)22-21-34(57)23-35(58)25-43(64)72-33(4)53(5,6)50(30)74-44-27-40(62)47(65)31(2)70-44/h7-20,30-42,44-50,52,57-63,65-67,69H,21-29,55H2,1-6H3,(H2,56,68)/b8-7+,11-9+,12-10+,15-13+,16-14+,19-17+,20-18+/t30-,31-,32+,33-,34+,35+,36-,37-,38+,39+,40+,41-,42-,44?,45+,46-,47-,48+,49-,50+,52-,54+/m0/s1. The second-order valence-electron chi connectivity index (χ2n) is 21.2. The number of ether oxygens (including phenoxy) is 6. The summed E-state index contributed by atoms with van der Waals surface area (Å²) in [6.07, 6.45) is 0.343. The maximum absolute atomic E-state index is 13.2. The van der Waals surface area contributed by atoms with Crippen LogP contribution >= 0.6 is 0 Å². The lowest BCUT2D eigenvalue weighted by atomic mass is 9.75. The van der Waals surface area contributed by atoms with Crippen LogP contribution in [0, 0.1) is 17.3 Å². The van der Waals surface area contributed by atoms with Crippen molar-refractivity contribution in [3.63, 3.8) is 0 Å². The Kier molecular flexibility index (Phi) is 25.6. The highest BCUT2D eigenvalue weighted by Gasteiger charge is 2.51. The Morgan fingerprint density at radius 3 is 1.79 bits per heavy atom. The van der Waals surface area contributed by atoms with Gasteiger partial charge >= 0.3 is 5.97 Å². The van der Waals surface area contributed by atoms with E-state index in [9.17, 15) is 65.8 Å². The summed E-state index contributed by atoms with van der Waals surface area (Å²) in [5, 5.41) is 119. The molecular formula is C54H86N2O19. The number of carbonyl (C=O) groups excluding carboxylic acids is 2. The minimum absolute atomic E-state index is 0.00500. The fourth-order valence-electron chi connectivity index (χ4n) is 9.77. The monoisotopic (exact) mass is 1070 g/mol. The summed E-state index contributed by atoms with van der Waals surface area (Å²) in [7, 11) is 0. The van der Waals surface area contributed by atoms with Crippen LogP contribution in [-0.2, 0) is 38.0 Å². The van der Waals surface area contributed by atoms with E-state index in [0.29, 0.717) is 0 Å². The maximum atomic E-state index is 13.2. The van der Waals surface area contributed by atoms with Gasteiger partial charge in [-0.15, -0.1) is 0 Å². The number of esters is 1. The van der Waals surface area contributed by atoms with Gasteiger partial charge in [0.1, 0.15) is 18.3 Å². The average Bonchev–Trinajstić information content (AvgIpc) is 3.31. The number of amides is 1. The van der Waals surface area contributed by atoms with Gasteiger partial charge in [0.15, 0.2) is 18.4 Å². The van der Waals surface area contributed by atoms with Crippen molar-refractivity contribution in [1.29, 1.82) is 0 Å². The first-order chi connectivity index (χ1) is 35.2. The average molecular weight is 1070 g/mol. The summed E-state index contributed by atoms with van der Waals surface area (Å²) in [4.78, 5) is 26.0. The number of fused-ring (bicyclic) bond motifs is 2. The molecule has 21 nitrogen and oxygen atoms in total.